The Morgan fingerprint density at radius 1 is 1.04 bits per heavy atom. The maximum atomic E-state index is 12.8. The molecule has 0 fully saturated rings. The largest absolute Gasteiger partial charge is 0.350 e. The first-order valence-corrected chi connectivity index (χ1v) is 7.08. The molecule has 5 heteroatoms. The lowest BCUT2D eigenvalue weighted by atomic mass is 9.98. The molecule has 0 aliphatic carbocycles. The average molecular weight is 310 g/mol. The third kappa shape index (κ3) is 4.75. The Kier molecular flexibility index (Phi) is 5.59. The summed E-state index contributed by atoms with van der Waals surface area (Å²) in [7, 11) is 0. The average Bonchev–Trinajstić information content (AvgIpc) is 2.57. The molecule has 0 saturated carbocycles. The molecular formula is C18H15FN2O2. The molecule has 2 aromatic carbocycles. The predicted octanol–water partition coefficient (Wildman–Crippen LogP) is 2.39. The number of halogens is 1. The highest BCUT2D eigenvalue weighted by Crippen LogP contribution is 2.08. The molecule has 0 saturated heterocycles. The Balaban J connectivity index is 1.95. The second-order valence-corrected chi connectivity index (χ2v) is 5.04. The van der Waals surface area contributed by atoms with Crippen LogP contribution in [0.3, 0.4) is 0 Å². The molecule has 4 nitrogen and oxygen atoms in total. The molecule has 0 aliphatic heterocycles. The summed E-state index contributed by atoms with van der Waals surface area (Å²) in [5.41, 5.74) is 1.44. The number of nitriles is 1. The number of nitrogens with one attached hydrogen (secondary N) is 1. The molecule has 0 unspecified atom stereocenters. The van der Waals surface area contributed by atoms with Gasteiger partial charge in [0.1, 0.15) is 5.82 Å². The van der Waals surface area contributed by atoms with E-state index < -0.39 is 23.4 Å². The van der Waals surface area contributed by atoms with Crippen LogP contribution in [0.15, 0.2) is 54.6 Å². The minimum atomic E-state index is -1.37. The fourth-order valence-corrected chi connectivity index (χ4v) is 2.07. The van der Waals surface area contributed by atoms with Crippen LogP contribution in [0.1, 0.15) is 11.1 Å². The number of carbonyl (C=O) groups excluding carboxylic acids is 2. The lowest BCUT2D eigenvalue weighted by Crippen LogP contribution is -2.35. The highest BCUT2D eigenvalue weighted by atomic mass is 19.1. The third-order valence-corrected chi connectivity index (χ3v) is 3.31. The first-order chi connectivity index (χ1) is 11.1. The van der Waals surface area contributed by atoms with Gasteiger partial charge in [0, 0.05) is 13.0 Å². The first-order valence-electron chi connectivity index (χ1n) is 7.08. The molecule has 1 amide bonds. The topological polar surface area (TPSA) is 70.0 Å². The Labute approximate surface area is 133 Å². The van der Waals surface area contributed by atoms with Gasteiger partial charge in [-0.05, 0) is 23.3 Å². The van der Waals surface area contributed by atoms with Crippen molar-refractivity contribution in [3.63, 3.8) is 0 Å². The maximum absolute atomic E-state index is 12.8. The van der Waals surface area contributed by atoms with Gasteiger partial charge in [-0.15, -0.1) is 0 Å². The van der Waals surface area contributed by atoms with Gasteiger partial charge in [-0.25, -0.2) is 4.39 Å². The molecule has 0 aromatic heterocycles. The van der Waals surface area contributed by atoms with Gasteiger partial charge >= 0.3 is 0 Å². The summed E-state index contributed by atoms with van der Waals surface area (Å²) in [6.45, 7) is 0.252. The normalized spacial score (nSPS) is 11.3. The number of nitrogens with zero attached hydrogens (tertiary/aromatic N) is 1. The summed E-state index contributed by atoms with van der Waals surface area (Å²) in [4.78, 5) is 24.1. The van der Waals surface area contributed by atoms with E-state index in [9.17, 15) is 14.0 Å². The van der Waals surface area contributed by atoms with E-state index in [-0.39, 0.29) is 13.0 Å². The van der Waals surface area contributed by atoms with Gasteiger partial charge in [0.2, 0.25) is 5.91 Å². The maximum Gasteiger partial charge on any atom is 0.245 e. The molecule has 2 rings (SSSR count). The number of amides is 1. The molecule has 23 heavy (non-hydrogen) atoms. The van der Waals surface area contributed by atoms with E-state index in [0.29, 0.717) is 5.56 Å². The predicted molar refractivity (Wildman–Crippen MR) is 82.5 cm³/mol. The molecule has 1 N–H and O–H groups in total. The molecule has 0 radical (unpaired) electrons. The van der Waals surface area contributed by atoms with Gasteiger partial charge in [0.15, 0.2) is 11.7 Å². The van der Waals surface area contributed by atoms with Crippen LogP contribution in [0.25, 0.3) is 0 Å². The molecule has 116 valence electrons. The van der Waals surface area contributed by atoms with E-state index in [2.05, 4.69) is 5.32 Å². The number of ketones is 1. The Morgan fingerprint density at radius 2 is 1.70 bits per heavy atom. The van der Waals surface area contributed by atoms with E-state index in [4.69, 9.17) is 5.26 Å². The summed E-state index contributed by atoms with van der Waals surface area (Å²) in [6, 6.07) is 16.3. The van der Waals surface area contributed by atoms with Gasteiger partial charge in [0.05, 0.1) is 6.07 Å². The summed E-state index contributed by atoms with van der Waals surface area (Å²) in [5, 5.41) is 11.7. The zero-order valence-corrected chi connectivity index (χ0v) is 12.3. The second kappa shape index (κ2) is 7.85. The van der Waals surface area contributed by atoms with Crippen molar-refractivity contribution in [2.75, 3.05) is 0 Å². The van der Waals surface area contributed by atoms with Crippen LogP contribution < -0.4 is 5.32 Å². The van der Waals surface area contributed by atoms with E-state index in [1.165, 1.54) is 24.3 Å². The lowest BCUT2D eigenvalue weighted by molar-refractivity contribution is -0.131. The monoisotopic (exact) mass is 310 g/mol. The number of benzene rings is 2. The van der Waals surface area contributed by atoms with Crippen molar-refractivity contribution in [3.05, 3.63) is 71.5 Å². The number of Topliss-reactive ketones (excluding diaryl/α,β-unsaturated/α-hetero) is 1. The third-order valence-electron chi connectivity index (χ3n) is 3.31. The van der Waals surface area contributed by atoms with Crippen LogP contribution in [0.4, 0.5) is 4.39 Å². The number of hydrogen-bond donors (Lipinski definition) is 1. The van der Waals surface area contributed by atoms with Crippen molar-refractivity contribution in [1.29, 1.82) is 5.26 Å². The van der Waals surface area contributed by atoms with Crippen molar-refractivity contribution in [2.24, 2.45) is 5.92 Å². The summed E-state index contributed by atoms with van der Waals surface area (Å²) in [5.74, 6) is -2.91. The fourth-order valence-electron chi connectivity index (χ4n) is 2.07. The van der Waals surface area contributed by atoms with Gasteiger partial charge in [-0.2, -0.15) is 5.26 Å². The van der Waals surface area contributed by atoms with Gasteiger partial charge in [0.25, 0.3) is 0 Å². The summed E-state index contributed by atoms with van der Waals surface area (Å²) >= 11 is 0. The second-order valence-electron chi connectivity index (χ2n) is 5.04. The molecule has 2 aromatic rings. The van der Waals surface area contributed by atoms with Gasteiger partial charge < -0.3 is 5.32 Å². The molecule has 0 spiro atoms. The van der Waals surface area contributed by atoms with Crippen molar-refractivity contribution < 1.29 is 14.0 Å². The van der Waals surface area contributed by atoms with E-state index in [1.807, 2.05) is 30.3 Å². The molecular weight excluding hydrogens is 295 g/mol. The first kappa shape index (κ1) is 16.4. The minimum Gasteiger partial charge on any atom is -0.350 e. The molecule has 0 bridgehead atoms. The van der Waals surface area contributed by atoms with Crippen molar-refractivity contribution in [1.82, 2.24) is 5.32 Å². The Hall–Kier alpha value is -3.00. The Bertz CT molecular complexity index is 721. The van der Waals surface area contributed by atoms with Gasteiger partial charge in [-0.1, -0.05) is 42.5 Å². The standard InChI is InChI=1S/C18H15FN2O2/c19-15-8-6-13(7-9-15)10-17(22)16(11-20)18(23)21-12-14-4-2-1-3-5-14/h1-9,16H,10,12H2,(H,21,23)/t16-/m1/s1. The van der Waals surface area contributed by atoms with Crippen LogP contribution in [0.2, 0.25) is 0 Å². The fraction of sp³-hybridized carbons (Fsp3) is 0.167. The summed E-state index contributed by atoms with van der Waals surface area (Å²) < 4.78 is 12.8. The molecule has 0 heterocycles. The zero-order valence-electron chi connectivity index (χ0n) is 12.3. The van der Waals surface area contributed by atoms with Crippen LogP contribution in [0.5, 0.6) is 0 Å². The highest BCUT2D eigenvalue weighted by molar-refractivity contribution is 6.04. The highest BCUT2D eigenvalue weighted by Gasteiger charge is 2.26. The van der Waals surface area contributed by atoms with Crippen LogP contribution in [-0.4, -0.2) is 11.7 Å². The quantitative estimate of drug-likeness (QED) is 0.833. The number of rotatable bonds is 6. The summed E-state index contributed by atoms with van der Waals surface area (Å²) in [6.07, 6.45) is -0.0860. The van der Waals surface area contributed by atoms with Crippen molar-refractivity contribution >= 4 is 11.7 Å². The van der Waals surface area contributed by atoms with Crippen LogP contribution in [-0.2, 0) is 22.6 Å². The smallest absolute Gasteiger partial charge is 0.245 e. The number of carbonyl (C=O) groups is 2. The van der Waals surface area contributed by atoms with E-state index in [0.717, 1.165) is 5.56 Å². The van der Waals surface area contributed by atoms with Crippen molar-refractivity contribution in [3.8, 4) is 6.07 Å². The van der Waals surface area contributed by atoms with Crippen LogP contribution in [0, 0.1) is 23.1 Å². The SMILES string of the molecule is N#C[C@H](C(=O)Cc1ccc(F)cc1)C(=O)NCc1ccccc1. The van der Waals surface area contributed by atoms with E-state index >= 15 is 0 Å². The molecule has 1 atom stereocenters. The van der Waals surface area contributed by atoms with Gasteiger partial charge in [-0.3, -0.25) is 9.59 Å². The minimum absolute atomic E-state index is 0.0860. The zero-order chi connectivity index (χ0) is 16.7. The van der Waals surface area contributed by atoms with Crippen molar-refractivity contribution in [2.45, 2.75) is 13.0 Å². The molecule has 0 aliphatic rings. The Morgan fingerprint density at radius 3 is 2.30 bits per heavy atom. The van der Waals surface area contributed by atoms with E-state index in [1.54, 1.807) is 6.07 Å². The number of hydrogen-bond acceptors (Lipinski definition) is 3. The lowest BCUT2D eigenvalue weighted by Gasteiger charge is -2.10. The van der Waals surface area contributed by atoms with Crippen LogP contribution >= 0.6 is 0 Å².